The zero-order valence-corrected chi connectivity index (χ0v) is 13.8. The number of halogens is 2. The maximum atomic E-state index is 10.0. The minimum Gasteiger partial charge on any atom is -0.506 e. The highest BCUT2D eigenvalue weighted by atomic mass is 35.5. The zero-order chi connectivity index (χ0) is 16.6. The number of aliphatic hydroxyl groups is 1. The summed E-state index contributed by atoms with van der Waals surface area (Å²) in [5.41, 5.74) is 1.90. The van der Waals surface area contributed by atoms with Crippen LogP contribution in [0.2, 0.25) is 10.0 Å². The predicted octanol–water partition coefficient (Wildman–Crippen LogP) is 4.09. The van der Waals surface area contributed by atoms with Crippen LogP contribution in [0.1, 0.15) is 24.2 Å². The van der Waals surface area contributed by atoms with E-state index >= 15 is 0 Å². The van der Waals surface area contributed by atoms with Gasteiger partial charge < -0.3 is 25.0 Å². The van der Waals surface area contributed by atoms with Crippen LogP contribution in [0.15, 0.2) is 24.3 Å². The number of aromatic hydroxyl groups is 1. The van der Waals surface area contributed by atoms with E-state index in [9.17, 15) is 10.2 Å². The highest BCUT2D eigenvalue weighted by molar-refractivity contribution is 6.35. The molecule has 3 N–H and O–H groups in total. The first-order valence-electron chi connectivity index (χ1n) is 6.98. The molecule has 0 fully saturated rings. The Balaban J connectivity index is 1.89. The maximum absolute atomic E-state index is 10.0. The quantitative estimate of drug-likeness (QED) is 0.770. The number of anilines is 1. The molecular formula is C16H15Cl2NO4. The lowest BCUT2D eigenvalue weighted by Crippen LogP contribution is -2.05. The van der Waals surface area contributed by atoms with Gasteiger partial charge in [0.15, 0.2) is 11.5 Å². The van der Waals surface area contributed by atoms with E-state index < -0.39 is 6.10 Å². The summed E-state index contributed by atoms with van der Waals surface area (Å²) in [4.78, 5) is 0. The maximum Gasteiger partial charge on any atom is 0.231 e. The van der Waals surface area contributed by atoms with Crippen LogP contribution < -0.4 is 14.8 Å². The molecule has 0 spiro atoms. The molecule has 1 aliphatic heterocycles. The van der Waals surface area contributed by atoms with Gasteiger partial charge >= 0.3 is 0 Å². The summed E-state index contributed by atoms with van der Waals surface area (Å²) < 4.78 is 10.7. The number of hydrogen-bond donors (Lipinski definition) is 3. The largest absolute Gasteiger partial charge is 0.506 e. The molecule has 3 rings (SSSR count). The summed E-state index contributed by atoms with van der Waals surface area (Å²) in [7, 11) is 0. The second-order valence-electron chi connectivity index (χ2n) is 5.22. The number of ether oxygens (including phenoxy) is 2. The fourth-order valence-corrected chi connectivity index (χ4v) is 2.94. The molecule has 2 aromatic rings. The average molecular weight is 356 g/mol. The molecule has 23 heavy (non-hydrogen) atoms. The molecule has 0 radical (unpaired) electrons. The Morgan fingerprint density at radius 1 is 1.17 bits per heavy atom. The molecule has 1 atom stereocenters. The molecule has 1 aliphatic rings. The first-order chi connectivity index (χ1) is 11.0. The van der Waals surface area contributed by atoms with Gasteiger partial charge in [0.25, 0.3) is 0 Å². The first-order valence-corrected chi connectivity index (χ1v) is 7.73. The van der Waals surface area contributed by atoms with Gasteiger partial charge in [-0.25, -0.2) is 0 Å². The van der Waals surface area contributed by atoms with E-state index in [2.05, 4.69) is 5.32 Å². The van der Waals surface area contributed by atoms with Crippen LogP contribution in [-0.4, -0.2) is 17.0 Å². The van der Waals surface area contributed by atoms with E-state index in [1.807, 2.05) is 0 Å². The molecule has 0 saturated carbocycles. The summed E-state index contributed by atoms with van der Waals surface area (Å²) in [5.74, 6) is 1.17. The lowest BCUT2D eigenvalue weighted by atomic mass is 10.1. The minimum absolute atomic E-state index is 0.0251. The summed E-state index contributed by atoms with van der Waals surface area (Å²) in [6, 6.07) is 6.60. The molecule has 0 amide bonds. The summed E-state index contributed by atoms with van der Waals surface area (Å²) >= 11 is 11.9. The molecule has 0 saturated heterocycles. The number of rotatable bonds is 4. The van der Waals surface area contributed by atoms with E-state index in [1.54, 1.807) is 25.1 Å². The van der Waals surface area contributed by atoms with Gasteiger partial charge in [0.05, 0.1) is 11.1 Å². The Morgan fingerprint density at radius 3 is 2.57 bits per heavy atom. The van der Waals surface area contributed by atoms with Gasteiger partial charge in [-0.1, -0.05) is 23.2 Å². The number of fused-ring (bicyclic) bond motifs is 1. The minimum atomic E-state index is -0.691. The monoisotopic (exact) mass is 355 g/mol. The van der Waals surface area contributed by atoms with Crippen LogP contribution in [-0.2, 0) is 6.54 Å². The van der Waals surface area contributed by atoms with E-state index in [4.69, 9.17) is 32.7 Å². The molecule has 7 heteroatoms. The Bertz CT molecular complexity index is 749. The van der Waals surface area contributed by atoms with Crippen LogP contribution in [0.25, 0.3) is 0 Å². The molecular weight excluding hydrogens is 341 g/mol. The van der Waals surface area contributed by atoms with Crippen LogP contribution in [0, 0.1) is 0 Å². The summed E-state index contributed by atoms with van der Waals surface area (Å²) in [6.07, 6.45) is -0.691. The zero-order valence-electron chi connectivity index (χ0n) is 12.3. The van der Waals surface area contributed by atoms with Crippen molar-refractivity contribution < 1.29 is 19.7 Å². The Kier molecular flexibility index (Phi) is 4.43. The fraction of sp³-hybridized carbons (Fsp3) is 0.250. The number of aliphatic hydroxyl groups excluding tert-OH is 1. The molecule has 2 aromatic carbocycles. The summed E-state index contributed by atoms with van der Waals surface area (Å²) in [6.45, 7) is 2.10. The Hall–Kier alpha value is -1.82. The highest BCUT2D eigenvalue weighted by Crippen LogP contribution is 2.40. The van der Waals surface area contributed by atoms with E-state index in [1.165, 1.54) is 6.07 Å². The number of phenolic OH excluding ortho intramolecular Hbond substituents is 1. The lowest BCUT2D eigenvalue weighted by molar-refractivity contribution is 0.173. The van der Waals surface area contributed by atoms with Crippen molar-refractivity contribution in [2.75, 3.05) is 12.1 Å². The van der Waals surface area contributed by atoms with E-state index in [0.29, 0.717) is 33.3 Å². The molecule has 0 bridgehead atoms. The van der Waals surface area contributed by atoms with Gasteiger partial charge in [0.2, 0.25) is 6.79 Å². The van der Waals surface area contributed by atoms with Gasteiger partial charge in [-0.15, -0.1) is 0 Å². The van der Waals surface area contributed by atoms with Crippen molar-refractivity contribution in [3.63, 3.8) is 0 Å². The third-order valence-electron chi connectivity index (χ3n) is 3.57. The van der Waals surface area contributed by atoms with Crippen LogP contribution in [0.5, 0.6) is 17.2 Å². The number of phenols is 1. The van der Waals surface area contributed by atoms with Crippen LogP contribution in [0.3, 0.4) is 0 Å². The van der Waals surface area contributed by atoms with Gasteiger partial charge in [0, 0.05) is 34.4 Å². The molecule has 0 aliphatic carbocycles. The van der Waals surface area contributed by atoms with Crippen molar-refractivity contribution in [3.05, 3.63) is 45.4 Å². The van der Waals surface area contributed by atoms with Gasteiger partial charge in [-0.2, -0.15) is 0 Å². The second-order valence-corrected chi connectivity index (χ2v) is 6.06. The third kappa shape index (κ3) is 3.27. The Morgan fingerprint density at radius 2 is 1.87 bits per heavy atom. The molecule has 1 heterocycles. The smallest absolute Gasteiger partial charge is 0.231 e. The van der Waals surface area contributed by atoms with Crippen molar-refractivity contribution in [2.24, 2.45) is 0 Å². The molecule has 1 unspecified atom stereocenters. The van der Waals surface area contributed by atoms with E-state index in [0.717, 1.165) is 0 Å². The normalized spacial score (nSPS) is 13.9. The average Bonchev–Trinajstić information content (AvgIpc) is 2.95. The molecule has 5 nitrogen and oxygen atoms in total. The van der Waals surface area contributed by atoms with Crippen molar-refractivity contribution in [2.45, 2.75) is 19.6 Å². The topological polar surface area (TPSA) is 71.0 Å². The SMILES string of the molecule is CC(O)c1cc2c(cc1NCc1cc(Cl)cc(Cl)c1O)OCO2. The van der Waals surface area contributed by atoms with Crippen molar-refractivity contribution >= 4 is 28.9 Å². The highest BCUT2D eigenvalue weighted by Gasteiger charge is 2.19. The molecule has 0 aromatic heterocycles. The van der Waals surface area contributed by atoms with Crippen molar-refractivity contribution in [3.8, 4) is 17.2 Å². The molecule has 122 valence electrons. The van der Waals surface area contributed by atoms with Gasteiger partial charge in [0.1, 0.15) is 5.75 Å². The standard InChI is InChI=1S/C16H15Cl2NO4/c1-8(20)11-4-14-15(23-7-22-14)5-13(11)19-6-9-2-10(17)3-12(18)16(9)21/h2-5,8,19-21H,6-7H2,1H3. The van der Waals surface area contributed by atoms with Crippen LogP contribution >= 0.6 is 23.2 Å². The Labute approximate surface area is 143 Å². The van der Waals surface area contributed by atoms with Gasteiger partial charge in [-0.3, -0.25) is 0 Å². The van der Waals surface area contributed by atoms with E-state index in [-0.39, 0.29) is 24.1 Å². The second kappa shape index (κ2) is 6.35. The first kappa shape index (κ1) is 16.1. The fourth-order valence-electron chi connectivity index (χ4n) is 2.40. The number of benzene rings is 2. The number of hydrogen-bond acceptors (Lipinski definition) is 5. The van der Waals surface area contributed by atoms with Crippen LogP contribution in [0.4, 0.5) is 5.69 Å². The van der Waals surface area contributed by atoms with Gasteiger partial charge in [-0.05, 0) is 25.1 Å². The predicted molar refractivity (Wildman–Crippen MR) is 88.7 cm³/mol. The summed E-state index contributed by atoms with van der Waals surface area (Å²) in [5, 5.41) is 23.7. The third-order valence-corrected chi connectivity index (χ3v) is 4.08. The lowest BCUT2D eigenvalue weighted by Gasteiger charge is -2.16. The van der Waals surface area contributed by atoms with Crippen molar-refractivity contribution in [1.29, 1.82) is 0 Å². The number of nitrogens with one attached hydrogen (secondary N) is 1. The van der Waals surface area contributed by atoms with Crippen molar-refractivity contribution in [1.82, 2.24) is 0 Å².